The molecule has 0 aliphatic carbocycles. The van der Waals surface area contributed by atoms with E-state index < -0.39 is 5.92 Å². The van der Waals surface area contributed by atoms with E-state index in [1.165, 1.54) is 11.6 Å². The minimum Gasteiger partial charge on any atom is -0.326 e. The molecule has 0 amide bonds. The molecule has 6 heteroatoms. The van der Waals surface area contributed by atoms with Gasteiger partial charge in [-0.2, -0.15) is 0 Å². The molecule has 1 aromatic heterocycles. The molecule has 0 saturated heterocycles. The minimum atomic E-state index is -2.91. The number of aromatic nitrogens is 2. The number of nitrogens with one attached hydrogen (secondary N) is 1. The summed E-state index contributed by atoms with van der Waals surface area (Å²) in [5, 5.41) is 3.35. The molecule has 0 bridgehead atoms. The number of nitrogens with zero attached hydrogens (tertiary/aromatic N) is 2. The van der Waals surface area contributed by atoms with Crippen LogP contribution in [0.3, 0.4) is 0 Å². The van der Waals surface area contributed by atoms with Gasteiger partial charge in [0.05, 0.1) is 17.6 Å². The molecule has 0 aliphatic rings. The lowest BCUT2D eigenvalue weighted by molar-refractivity contribution is -0.0980. The first-order valence-corrected chi connectivity index (χ1v) is 12.2. The first-order chi connectivity index (χ1) is 18.8. The van der Waals surface area contributed by atoms with Crippen molar-refractivity contribution in [3.8, 4) is 12.8 Å². The summed E-state index contributed by atoms with van der Waals surface area (Å²) in [5.41, 5.74) is 5.52. The summed E-state index contributed by atoms with van der Waals surface area (Å²) in [6, 6.07) is 20.7. The number of rotatable bonds is 5. The predicted molar refractivity (Wildman–Crippen MR) is 165 cm³/mol. The van der Waals surface area contributed by atoms with E-state index in [4.69, 9.17) is 9.78 Å². The largest absolute Gasteiger partial charge is 0.326 e. The second kappa shape index (κ2) is 19.6. The number of alkyl halides is 2. The van der Waals surface area contributed by atoms with Crippen molar-refractivity contribution in [2.45, 2.75) is 47.1 Å². The molecule has 1 N–H and O–H groups in total. The van der Waals surface area contributed by atoms with Crippen LogP contribution in [0, 0.1) is 26.7 Å². The Balaban J connectivity index is 0. The fourth-order valence-electron chi connectivity index (χ4n) is 3.52. The van der Waals surface area contributed by atoms with Crippen molar-refractivity contribution in [2.75, 3.05) is 5.32 Å². The minimum absolute atomic E-state index is 0.0373. The number of aryl methyl sites for hydroxylation is 2. The van der Waals surface area contributed by atoms with Crippen LogP contribution in [0.5, 0.6) is 0 Å². The van der Waals surface area contributed by atoms with Gasteiger partial charge in [-0.3, -0.25) is 0 Å². The van der Waals surface area contributed by atoms with E-state index >= 15 is 0 Å². The van der Waals surface area contributed by atoms with E-state index in [1.807, 2.05) is 81.5 Å². The van der Waals surface area contributed by atoms with E-state index in [0.29, 0.717) is 18.1 Å². The summed E-state index contributed by atoms with van der Waals surface area (Å²) in [5.74, 6) is -2.28. The third-order valence-electron chi connectivity index (χ3n) is 5.03. The van der Waals surface area contributed by atoms with Gasteiger partial charge in [-0.05, 0) is 49.2 Å². The van der Waals surface area contributed by atoms with E-state index in [9.17, 15) is 8.78 Å². The Hall–Kier alpha value is -4.50. The fourth-order valence-corrected chi connectivity index (χ4v) is 3.52. The lowest BCUT2D eigenvalue weighted by Gasteiger charge is -2.18. The van der Waals surface area contributed by atoms with Gasteiger partial charge in [0.15, 0.2) is 0 Å². The number of halogens is 2. The Morgan fingerprint density at radius 1 is 0.872 bits per heavy atom. The number of imidazole rings is 1. The highest BCUT2D eigenvalue weighted by Gasteiger charge is 2.27. The third-order valence-corrected chi connectivity index (χ3v) is 5.03. The zero-order valence-electron chi connectivity index (χ0n) is 23.8. The van der Waals surface area contributed by atoms with Crippen molar-refractivity contribution in [1.29, 1.82) is 0 Å². The molecule has 0 unspecified atom stereocenters. The van der Waals surface area contributed by atoms with Crippen molar-refractivity contribution in [3.63, 3.8) is 0 Å². The van der Waals surface area contributed by atoms with E-state index in [1.54, 1.807) is 18.2 Å². The molecule has 0 spiro atoms. The maximum absolute atomic E-state index is 14.2. The number of hydrogen-bond donors (Lipinski definition) is 1. The van der Waals surface area contributed by atoms with Crippen molar-refractivity contribution < 1.29 is 13.6 Å². The number of benzene rings is 3. The summed E-state index contributed by atoms with van der Waals surface area (Å²) in [6.45, 7) is 23.3. The summed E-state index contributed by atoms with van der Waals surface area (Å²) in [6.07, 6.45) is 8.00. The number of fused-ring (bicyclic) bond motifs is 1. The molecular weight excluding hydrogens is 492 g/mol. The van der Waals surface area contributed by atoms with Gasteiger partial charge < -0.3 is 14.7 Å². The zero-order chi connectivity index (χ0) is 30.6. The molecule has 0 saturated carbocycles. The third kappa shape index (κ3) is 10.8. The Labute approximate surface area is 233 Å². The van der Waals surface area contributed by atoms with E-state index in [2.05, 4.69) is 44.5 Å². The van der Waals surface area contributed by atoms with Gasteiger partial charge >= 0.3 is 0 Å². The van der Waals surface area contributed by atoms with E-state index in [0.717, 1.165) is 29.2 Å². The van der Waals surface area contributed by atoms with Crippen LogP contribution in [0.1, 0.15) is 43.0 Å². The highest BCUT2D eigenvalue weighted by Crippen LogP contribution is 2.32. The van der Waals surface area contributed by atoms with Crippen LogP contribution >= 0.6 is 0 Å². The molecule has 0 fully saturated rings. The van der Waals surface area contributed by atoms with Crippen molar-refractivity contribution in [3.05, 3.63) is 115 Å². The molecule has 4 nitrogen and oxygen atoms in total. The number of terminal acetylenes is 1. The van der Waals surface area contributed by atoms with Crippen molar-refractivity contribution in [1.82, 2.24) is 9.55 Å². The predicted octanol–water partition coefficient (Wildman–Crippen LogP) is 9.25. The SMILES string of the molecule is C#C.C=C.C=C.C=O.CC.Cc1ccc(Nc2nc3cc(C)ccc3n2Cc2ccccc2C(C)(F)F)cc1. The topological polar surface area (TPSA) is 46.9 Å². The monoisotopic (exact) mass is 533 g/mol. The molecule has 208 valence electrons. The van der Waals surface area contributed by atoms with Crippen LogP contribution in [0.25, 0.3) is 11.0 Å². The van der Waals surface area contributed by atoms with Gasteiger partial charge in [-0.1, -0.05) is 61.9 Å². The van der Waals surface area contributed by atoms with Crippen molar-refractivity contribution >= 4 is 29.5 Å². The molecule has 4 rings (SSSR count). The van der Waals surface area contributed by atoms with Crippen LogP contribution in [0.2, 0.25) is 0 Å². The van der Waals surface area contributed by atoms with Gasteiger partial charge in [0, 0.05) is 18.2 Å². The summed E-state index contributed by atoms with van der Waals surface area (Å²) >= 11 is 0. The highest BCUT2D eigenvalue weighted by atomic mass is 19.3. The van der Waals surface area contributed by atoms with E-state index in [-0.39, 0.29) is 5.56 Å². The molecule has 0 aliphatic heterocycles. The lowest BCUT2D eigenvalue weighted by atomic mass is 10.0. The fraction of sp³-hybridized carbons (Fsp3) is 0.212. The second-order valence-corrected chi connectivity index (χ2v) is 7.55. The Bertz CT molecular complexity index is 1250. The van der Waals surface area contributed by atoms with Crippen LogP contribution < -0.4 is 5.32 Å². The standard InChI is InChI=1S/C24H23F2N3.C2H6.2C2H4.C2H2.CH2O/c1-16-8-11-19(12-9-16)27-23-28-21-14-17(2)10-13-22(21)29(23)15-18-6-4-5-7-20(18)24(3,25)26;5*1-2/h4-14H,15H2,1-3H3,(H,27,28);1-2H3;2*1-2H2;1-2H;1H2. The Morgan fingerprint density at radius 2 is 1.38 bits per heavy atom. The summed E-state index contributed by atoms with van der Waals surface area (Å²) in [4.78, 5) is 12.7. The van der Waals surface area contributed by atoms with Crippen molar-refractivity contribution in [2.24, 2.45) is 0 Å². The lowest BCUT2D eigenvalue weighted by Crippen LogP contribution is -2.13. The van der Waals surface area contributed by atoms with Gasteiger partial charge in [-0.25, -0.2) is 13.8 Å². The molecular formula is C33H41F2N3O. The normalized spacial score (nSPS) is 9.26. The smallest absolute Gasteiger partial charge is 0.270 e. The average Bonchev–Trinajstić information content (AvgIpc) is 3.30. The Morgan fingerprint density at radius 3 is 1.92 bits per heavy atom. The second-order valence-electron chi connectivity index (χ2n) is 7.55. The van der Waals surface area contributed by atoms with Gasteiger partial charge in [0.1, 0.15) is 6.79 Å². The molecule has 4 aromatic rings. The van der Waals surface area contributed by atoms with Crippen LogP contribution in [0.4, 0.5) is 20.4 Å². The van der Waals surface area contributed by atoms with Crippen LogP contribution in [-0.4, -0.2) is 16.3 Å². The first kappa shape index (κ1) is 36.7. The number of hydrogen-bond acceptors (Lipinski definition) is 3. The van der Waals surface area contributed by atoms with Gasteiger partial charge in [0.2, 0.25) is 5.95 Å². The number of carbonyl (C=O) groups is 1. The molecule has 1 heterocycles. The maximum Gasteiger partial charge on any atom is 0.270 e. The number of anilines is 2. The molecule has 0 radical (unpaired) electrons. The number of carbonyl (C=O) groups excluding carboxylic acids is 1. The highest BCUT2D eigenvalue weighted by molar-refractivity contribution is 5.80. The molecule has 3 aromatic carbocycles. The quantitative estimate of drug-likeness (QED) is 0.205. The van der Waals surface area contributed by atoms with Crippen LogP contribution in [0.15, 0.2) is 93.0 Å². The average molecular weight is 534 g/mol. The van der Waals surface area contributed by atoms with Gasteiger partial charge in [-0.15, -0.1) is 39.2 Å². The molecule has 39 heavy (non-hydrogen) atoms. The zero-order valence-corrected chi connectivity index (χ0v) is 23.8. The van der Waals surface area contributed by atoms with Crippen LogP contribution in [-0.2, 0) is 17.3 Å². The summed E-state index contributed by atoms with van der Waals surface area (Å²) < 4.78 is 30.3. The first-order valence-electron chi connectivity index (χ1n) is 12.2. The summed E-state index contributed by atoms with van der Waals surface area (Å²) in [7, 11) is 0. The Kier molecular flexibility index (Phi) is 18.4. The van der Waals surface area contributed by atoms with Gasteiger partial charge in [0.25, 0.3) is 5.92 Å². The molecule has 0 atom stereocenters. The maximum atomic E-state index is 14.2.